The largest absolute Gasteiger partial charge is 0.490 e. The summed E-state index contributed by atoms with van der Waals surface area (Å²) in [7, 11) is 2.22. The first-order valence-electron chi connectivity index (χ1n) is 8.69. The van der Waals surface area contributed by atoms with Crippen molar-refractivity contribution in [1.29, 1.82) is 0 Å². The molecular weight excluding hydrogens is 290 g/mol. The monoisotopic (exact) mass is 313 g/mol. The molecule has 1 spiro atoms. The van der Waals surface area contributed by atoms with Gasteiger partial charge in [0.25, 0.3) is 0 Å². The molecule has 1 saturated heterocycles. The van der Waals surface area contributed by atoms with Gasteiger partial charge in [0.05, 0.1) is 6.61 Å². The lowest BCUT2D eigenvalue weighted by Gasteiger charge is -2.56. The van der Waals surface area contributed by atoms with Crippen LogP contribution in [0.5, 0.6) is 11.5 Å². The van der Waals surface area contributed by atoms with Crippen molar-refractivity contribution in [3.05, 3.63) is 35.4 Å². The molecule has 1 unspecified atom stereocenters. The van der Waals surface area contributed by atoms with Crippen LogP contribution in [0.3, 0.4) is 0 Å². The Morgan fingerprint density at radius 2 is 2.26 bits per heavy atom. The van der Waals surface area contributed by atoms with Crippen molar-refractivity contribution in [3.63, 3.8) is 0 Å². The van der Waals surface area contributed by atoms with Crippen LogP contribution < -0.4 is 9.47 Å². The fourth-order valence-electron chi connectivity index (χ4n) is 5.50. The highest BCUT2D eigenvalue weighted by atomic mass is 16.5. The van der Waals surface area contributed by atoms with Crippen LogP contribution in [0.15, 0.2) is 24.3 Å². The van der Waals surface area contributed by atoms with Gasteiger partial charge in [-0.2, -0.15) is 0 Å². The standard InChI is InChI=1S/C19H23NO3/c1-3-22-15-7-4-11-10-13-12-5-6-14(21)18-19(12,8-9-20(13)2)16(11)17(15)23-18/h4-7,12-14,18,21H,3,8-10H2,1-2H3/t12-,13+,14-,18?,19-/m0/s1. The molecule has 1 aromatic rings. The van der Waals surface area contributed by atoms with Crippen molar-refractivity contribution in [3.8, 4) is 11.5 Å². The average molecular weight is 313 g/mol. The van der Waals surface area contributed by atoms with Crippen molar-refractivity contribution in [2.45, 2.75) is 43.4 Å². The Morgan fingerprint density at radius 1 is 1.39 bits per heavy atom. The van der Waals surface area contributed by atoms with E-state index in [0.29, 0.717) is 18.6 Å². The number of nitrogens with zero attached hydrogens (tertiary/aromatic N) is 1. The van der Waals surface area contributed by atoms with Crippen molar-refractivity contribution in [2.24, 2.45) is 5.92 Å². The first kappa shape index (κ1) is 13.9. The lowest BCUT2D eigenvalue weighted by molar-refractivity contribution is -0.0453. The Bertz CT molecular complexity index is 700. The minimum atomic E-state index is -0.539. The van der Waals surface area contributed by atoms with Gasteiger partial charge in [0.2, 0.25) is 0 Å². The number of likely N-dealkylation sites (tertiary alicyclic amines) is 1. The zero-order valence-corrected chi connectivity index (χ0v) is 13.7. The van der Waals surface area contributed by atoms with Gasteiger partial charge in [-0.05, 0) is 45.0 Å². The first-order chi connectivity index (χ1) is 11.2. The van der Waals surface area contributed by atoms with Gasteiger partial charge in [0.15, 0.2) is 11.5 Å². The third-order valence-electron chi connectivity index (χ3n) is 6.43. The summed E-state index contributed by atoms with van der Waals surface area (Å²) in [6.07, 6.45) is 5.56. The van der Waals surface area contributed by atoms with E-state index in [9.17, 15) is 5.11 Å². The van der Waals surface area contributed by atoms with Crippen molar-refractivity contribution < 1.29 is 14.6 Å². The maximum Gasteiger partial charge on any atom is 0.165 e. The van der Waals surface area contributed by atoms with Gasteiger partial charge in [-0.15, -0.1) is 0 Å². The highest BCUT2D eigenvalue weighted by molar-refractivity contribution is 5.62. The number of hydrogen-bond acceptors (Lipinski definition) is 4. The lowest BCUT2D eigenvalue weighted by Crippen LogP contribution is -2.64. The Hall–Kier alpha value is -1.52. The molecule has 122 valence electrons. The van der Waals surface area contributed by atoms with Gasteiger partial charge in [-0.25, -0.2) is 0 Å². The van der Waals surface area contributed by atoms with Crippen LogP contribution in [-0.2, 0) is 11.8 Å². The van der Waals surface area contributed by atoms with E-state index in [1.54, 1.807) is 0 Å². The Labute approximate surface area is 136 Å². The molecule has 2 bridgehead atoms. The molecule has 0 radical (unpaired) electrons. The Balaban J connectivity index is 1.78. The molecule has 0 saturated carbocycles. The molecule has 23 heavy (non-hydrogen) atoms. The summed E-state index contributed by atoms with van der Waals surface area (Å²) in [5, 5.41) is 10.6. The van der Waals surface area contributed by atoms with Crippen molar-refractivity contribution >= 4 is 0 Å². The number of ether oxygens (including phenoxy) is 2. The summed E-state index contributed by atoms with van der Waals surface area (Å²) in [6, 6.07) is 4.75. The van der Waals surface area contributed by atoms with Gasteiger partial charge >= 0.3 is 0 Å². The number of aliphatic hydroxyl groups excluding tert-OH is 1. The second-order valence-electron chi connectivity index (χ2n) is 7.34. The highest BCUT2D eigenvalue weighted by Gasteiger charge is 2.64. The zero-order chi connectivity index (χ0) is 15.8. The fraction of sp³-hybridized carbons (Fsp3) is 0.579. The summed E-state index contributed by atoms with van der Waals surface area (Å²) in [5.74, 6) is 2.14. The molecule has 5 rings (SSSR count). The summed E-state index contributed by atoms with van der Waals surface area (Å²) in [6.45, 7) is 3.68. The highest BCUT2D eigenvalue weighted by Crippen LogP contribution is 2.62. The average Bonchev–Trinajstić information content (AvgIpc) is 2.90. The number of hydrogen-bond donors (Lipinski definition) is 1. The predicted molar refractivity (Wildman–Crippen MR) is 87.1 cm³/mol. The van der Waals surface area contributed by atoms with E-state index in [0.717, 1.165) is 30.9 Å². The normalized spacial score (nSPS) is 39.8. The van der Waals surface area contributed by atoms with E-state index in [4.69, 9.17) is 9.47 Å². The van der Waals surface area contributed by atoms with Crippen molar-refractivity contribution in [1.82, 2.24) is 4.90 Å². The molecule has 4 aliphatic rings. The number of piperidine rings is 1. The third-order valence-corrected chi connectivity index (χ3v) is 6.43. The summed E-state index contributed by atoms with van der Waals surface area (Å²) in [5.41, 5.74) is 2.62. The third kappa shape index (κ3) is 1.54. The smallest absolute Gasteiger partial charge is 0.165 e. The lowest BCUT2D eigenvalue weighted by atomic mass is 9.53. The number of aliphatic hydroxyl groups is 1. The molecule has 2 heterocycles. The second kappa shape index (κ2) is 4.52. The van der Waals surface area contributed by atoms with E-state index < -0.39 is 6.10 Å². The molecule has 1 fully saturated rings. The summed E-state index contributed by atoms with van der Waals surface area (Å²) >= 11 is 0. The molecule has 4 nitrogen and oxygen atoms in total. The topological polar surface area (TPSA) is 41.9 Å². The number of benzene rings is 1. The molecule has 1 N–H and O–H groups in total. The maximum atomic E-state index is 10.6. The Kier molecular flexibility index (Phi) is 2.73. The second-order valence-corrected chi connectivity index (χ2v) is 7.34. The van der Waals surface area contributed by atoms with Gasteiger partial charge in [-0.1, -0.05) is 18.2 Å². The van der Waals surface area contributed by atoms with E-state index in [2.05, 4.69) is 24.1 Å². The van der Waals surface area contributed by atoms with Crippen LogP contribution in [0.4, 0.5) is 0 Å². The van der Waals surface area contributed by atoms with E-state index >= 15 is 0 Å². The maximum absolute atomic E-state index is 10.6. The van der Waals surface area contributed by atoms with E-state index in [1.165, 1.54) is 11.1 Å². The summed E-state index contributed by atoms with van der Waals surface area (Å²) in [4.78, 5) is 2.48. The molecule has 5 atom stereocenters. The Morgan fingerprint density at radius 3 is 3.09 bits per heavy atom. The van der Waals surface area contributed by atoms with E-state index in [1.807, 2.05) is 19.1 Å². The van der Waals surface area contributed by atoms with Crippen LogP contribution in [0.25, 0.3) is 0 Å². The molecule has 4 heteroatoms. The minimum absolute atomic E-state index is 0.0820. The van der Waals surface area contributed by atoms with Crippen LogP contribution in [0, 0.1) is 5.92 Å². The van der Waals surface area contributed by atoms with E-state index in [-0.39, 0.29) is 11.5 Å². The SMILES string of the molecule is CCOc1ccc2c3c1OC1[C@@H](O)C=C[C@H]4[C@@H](C2)N(C)CC[C@]314. The number of likely N-dealkylation sites (N-methyl/N-ethyl adjacent to an activating group) is 1. The summed E-state index contributed by atoms with van der Waals surface area (Å²) < 4.78 is 12.2. The van der Waals surface area contributed by atoms with Gasteiger partial charge in [-0.3, -0.25) is 0 Å². The van der Waals surface area contributed by atoms with Gasteiger partial charge in [0.1, 0.15) is 12.2 Å². The van der Waals surface area contributed by atoms with Gasteiger partial charge < -0.3 is 19.5 Å². The molecule has 0 aromatic heterocycles. The van der Waals surface area contributed by atoms with Crippen LogP contribution in [-0.4, -0.2) is 48.5 Å². The number of rotatable bonds is 2. The minimum Gasteiger partial charge on any atom is -0.490 e. The van der Waals surface area contributed by atoms with Crippen molar-refractivity contribution in [2.75, 3.05) is 20.2 Å². The quantitative estimate of drug-likeness (QED) is 0.847. The molecule has 2 aliphatic heterocycles. The predicted octanol–water partition coefficient (Wildman–Crippen LogP) is 1.89. The fourth-order valence-corrected chi connectivity index (χ4v) is 5.50. The first-order valence-corrected chi connectivity index (χ1v) is 8.69. The van der Waals surface area contributed by atoms with Crippen LogP contribution in [0.2, 0.25) is 0 Å². The molecule has 1 aromatic carbocycles. The van der Waals surface area contributed by atoms with Gasteiger partial charge in [0, 0.05) is 22.9 Å². The molecular formula is C19H23NO3. The zero-order valence-electron chi connectivity index (χ0n) is 13.7. The molecule has 0 amide bonds. The van der Waals surface area contributed by atoms with Crippen LogP contribution >= 0.6 is 0 Å². The molecule has 2 aliphatic carbocycles. The van der Waals surface area contributed by atoms with Crippen LogP contribution in [0.1, 0.15) is 24.5 Å².